The number of anilines is 3. The molecule has 2 aromatic carbocycles. The number of carbonyl (C=O) groups is 1. The zero-order chi connectivity index (χ0) is 26.7. The van der Waals surface area contributed by atoms with Crippen molar-refractivity contribution in [3.63, 3.8) is 0 Å². The van der Waals surface area contributed by atoms with Crippen molar-refractivity contribution in [1.82, 2.24) is 29.5 Å². The van der Waals surface area contributed by atoms with Crippen LogP contribution in [0, 0.1) is 6.92 Å². The van der Waals surface area contributed by atoms with Crippen LogP contribution < -0.4 is 10.6 Å². The van der Waals surface area contributed by atoms with Gasteiger partial charge in [0.15, 0.2) is 0 Å². The predicted molar refractivity (Wildman–Crippen MR) is 134 cm³/mol. The van der Waals surface area contributed by atoms with Gasteiger partial charge < -0.3 is 15.2 Å². The number of carbonyl (C=O) groups excluding carboxylic acids is 1. The number of nitrogens with zero attached hydrogens (tertiary/aromatic N) is 6. The quantitative estimate of drug-likeness (QED) is 0.309. The second-order valence-electron chi connectivity index (χ2n) is 8.09. The van der Waals surface area contributed by atoms with Gasteiger partial charge in [0.25, 0.3) is 5.91 Å². The SMILES string of the molecule is Cc1nccn1-c1cc(NC(=O)c2ccc(Nc3nccc(-c4cnccn4)n3)cc2)ccc1C(F)(F)F. The van der Waals surface area contributed by atoms with E-state index >= 15 is 0 Å². The van der Waals surface area contributed by atoms with Crippen molar-refractivity contribution in [2.24, 2.45) is 0 Å². The van der Waals surface area contributed by atoms with E-state index in [-0.39, 0.29) is 11.4 Å². The average molecular weight is 516 g/mol. The topological polar surface area (TPSA) is 111 Å². The Labute approximate surface area is 214 Å². The van der Waals surface area contributed by atoms with Gasteiger partial charge in [-0.05, 0) is 55.5 Å². The van der Waals surface area contributed by atoms with Gasteiger partial charge in [0.05, 0.1) is 23.1 Å². The first-order chi connectivity index (χ1) is 18.3. The highest BCUT2D eigenvalue weighted by molar-refractivity contribution is 6.04. The molecule has 3 aromatic heterocycles. The number of aryl methyl sites for hydroxylation is 1. The molecule has 5 aromatic rings. The molecule has 12 heteroatoms. The molecule has 3 heterocycles. The Bertz CT molecular complexity index is 1580. The minimum absolute atomic E-state index is 0.131. The maximum atomic E-state index is 13.6. The third-order valence-electron chi connectivity index (χ3n) is 5.53. The molecular weight excluding hydrogens is 497 g/mol. The minimum atomic E-state index is -4.57. The standard InChI is InChI=1S/C26H19F3N8O/c1-16-31-12-13-37(16)23-14-19(6-7-20(23)26(27,28)29)34-24(38)17-2-4-18(5-3-17)35-25-33-9-8-21(36-25)22-15-30-10-11-32-22/h2-15H,1H3,(H,34,38)(H,33,35,36). The Kier molecular flexibility index (Phi) is 6.52. The Morgan fingerprint density at radius 3 is 2.34 bits per heavy atom. The Morgan fingerprint density at radius 1 is 0.868 bits per heavy atom. The van der Waals surface area contributed by atoms with Gasteiger partial charge in [0.2, 0.25) is 5.95 Å². The molecule has 5 rings (SSSR count). The highest BCUT2D eigenvalue weighted by Gasteiger charge is 2.34. The molecular formula is C26H19F3N8O. The van der Waals surface area contributed by atoms with Crippen LogP contribution in [0.4, 0.5) is 30.5 Å². The lowest BCUT2D eigenvalue weighted by Gasteiger charge is -2.16. The molecule has 0 spiro atoms. The fraction of sp³-hybridized carbons (Fsp3) is 0.0769. The number of imidazole rings is 1. The summed E-state index contributed by atoms with van der Waals surface area (Å²) in [7, 11) is 0. The third kappa shape index (κ3) is 5.33. The largest absolute Gasteiger partial charge is 0.418 e. The minimum Gasteiger partial charge on any atom is -0.324 e. The summed E-state index contributed by atoms with van der Waals surface area (Å²) in [6.07, 6.45) is 4.59. The second-order valence-corrected chi connectivity index (χ2v) is 8.09. The Hall–Kier alpha value is -5.13. The van der Waals surface area contributed by atoms with E-state index in [1.807, 2.05) is 0 Å². The van der Waals surface area contributed by atoms with Crippen molar-refractivity contribution in [3.05, 3.63) is 103 Å². The van der Waals surface area contributed by atoms with Crippen molar-refractivity contribution in [1.29, 1.82) is 0 Å². The van der Waals surface area contributed by atoms with Gasteiger partial charge >= 0.3 is 6.18 Å². The number of amides is 1. The molecule has 0 aliphatic heterocycles. The van der Waals surface area contributed by atoms with Crippen molar-refractivity contribution < 1.29 is 18.0 Å². The van der Waals surface area contributed by atoms with Gasteiger partial charge in [-0.15, -0.1) is 0 Å². The normalized spacial score (nSPS) is 11.3. The van der Waals surface area contributed by atoms with Crippen LogP contribution >= 0.6 is 0 Å². The summed E-state index contributed by atoms with van der Waals surface area (Å²) in [6.45, 7) is 1.60. The molecule has 0 aliphatic rings. The summed E-state index contributed by atoms with van der Waals surface area (Å²) >= 11 is 0. The lowest BCUT2D eigenvalue weighted by Crippen LogP contribution is -2.15. The fourth-order valence-electron chi connectivity index (χ4n) is 3.71. The highest BCUT2D eigenvalue weighted by atomic mass is 19.4. The molecule has 0 saturated heterocycles. The van der Waals surface area contributed by atoms with E-state index < -0.39 is 17.6 Å². The summed E-state index contributed by atoms with van der Waals surface area (Å²) < 4.78 is 42.1. The number of halogens is 3. The number of alkyl halides is 3. The van der Waals surface area contributed by atoms with Gasteiger partial charge in [-0.3, -0.25) is 14.8 Å². The summed E-state index contributed by atoms with van der Waals surface area (Å²) in [5, 5.41) is 5.72. The van der Waals surface area contributed by atoms with E-state index in [1.165, 1.54) is 29.1 Å². The van der Waals surface area contributed by atoms with Gasteiger partial charge in [0, 0.05) is 47.9 Å². The van der Waals surface area contributed by atoms with E-state index in [9.17, 15) is 18.0 Å². The van der Waals surface area contributed by atoms with Crippen molar-refractivity contribution in [3.8, 4) is 17.1 Å². The first kappa shape index (κ1) is 24.6. The van der Waals surface area contributed by atoms with Crippen LogP contribution in [0.25, 0.3) is 17.1 Å². The molecule has 0 unspecified atom stereocenters. The van der Waals surface area contributed by atoms with Crippen LogP contribution in [0.1, 0.15) is 21.7 Å². The van der Waals surface area contributed by atoms with Crippen LogP contribution in [-0.2, 0) is 6.18 Å². The van der Waals surface area contributed by atoms with Crippen LogP contribution in [0.3, 0.4) is 0 Å². The zero-order valence-electron chi connectivity index (χ0n) is 19.8. The second kappa shape index (κ2) is 10.1. The number of hydrogen-bond donors (Lipinski definition) is 2. The molecule has 0 aliphatic carbocycles. The number of benzene rings is 2. The van der Waals surface area contributed by atoms with Gasteiger partial charge in [0.1, 0.15) is 11.5 Å². The van der Waals surface area contributed by atoms with Gasteiger partial charge in [-0.2, -0.15) is 13.2 Å². The van der Waals surface area contributed by atoms with E-state index in [2.05, 4.69) is 35.6 Å². The molecule has 0 saturated carbocycles. The molecule has 0 bridgehead atoms. The first-order valence-corrected chi connectivity index (χ1v) is 11.3. The number of aromatic nitrogens is 6. The maximum absolute atomic E-state index is 13.6. The van der Waals surface area contributed by atoms with E-state index in [4.69, 9.17) is 0 Å². The van der Waals surface area contributed by atoms with E-state index in [0.717, 1.165) is 6.07 Å². The van der Waals surface area contributed by atoms with Crippen LogP contribution in [0.2, 0.25) is 0 Å². The first-order valence-electron chi connectivity index (χ1n) is 11.3. The molecule has 0 radical (unpaired) electrons. The Morgan fingerprint density at radius 2 is 1.66 bits per heavy atom. The third-order valence-corrected chi connectivity index (χ3v) is 5.53. The number of hydrogen-bond acceptors (Lipinski definition) is 7. The van der Waals surface area contributed by atoms with Gasteiger partial charge in [-0.25, -0.2) is 15.0 Å². The predicted octanol–water partition coefficient (Wildman–Crippen LogP) is 5.44. The van der Waals surface area contributed by atoms with Crippen molar-refractivity contribution in [2.75, 3.05) is 10.6 Å². The molecule has 0 fully saturated rings. The fourth-order valence-corrected chi connectivity index (χ4v) is 3.71. The summed E-state index contributed by atoms with van der Waals surface area (Å²) in [6, 6.07) is 11.6. The van der Waals surface area contributed by atoms with Crippen LogP contribution in [0.15, 0.2) is 85.7 Å². The maximum Gasteiger partial charge on any atom is 0.418 e. The van der Waals surface area contributed by atoms with E-state index in [0.29, 0.717) is 34.4 Å². The van der Waals surface area contributed by atoms with E-state index in [1.54, 1.807) is 62.0 Å². The van der Waals surface area contributed by atoms with Crippen molar-refractivity contribution in [2.45, 2.75) is 13.1 Å². The monoisotopic (exact) mass is 516 g/mol. The summed E-state index contributed by atoms with van der Waals surface area (Å²) in [4.78, 5) is 33.7. The molecule has 0 atom stereocenters. The molecule has 2 N–H and O–H groups in total. The van der Waals surface area contributed by atoms with Crippen LogP contribution in [0.5, 0.6) is 0 Å². The molecule has 190 valence electrons. The smallest absolute Gasteiger partial charge is 0.324 e. The average Bonchev–Trinajstić information content (AvgIpc) is 3.35. The molecule has 38 heavy (non-hydrogen) atoms. The molecule has 1 amide bonds. The lowest BCUT2D eigenvalue weighted by molar-refractivity contribution is -0.137. The number of nitrogens with one attached hydrogen (secondary N) is 2. The Balaban J connectivity index is 1.32. The lowest BCUT2D eigenvalue weighted by atomic mass is 10.1. The molecule has 9 nitrogen and oxygen atoms in total. The summed E-state index contributed by atoms with van der Waals surface area (Å²) in [5.41, 5.74) is 1.37. The van der Waals surface area contributed by atoms with Crippen molar-refractivity contribution >= 4 is 23.2 Å². The highest BCUT2D eigenvalue weighted by Crippen LogP contribution is 2.35. The summed E-state index contributed by atoms with van der Waals surface area (Å²) in [5.74, 6) is 0.233. The van der Waals surface area contributed by atoms with Crippen LogP contribution in [-0.4, -0.2) is 35.4 Å². The van der Waals surface area contributed by atoms with Gasteiger partial charge in [-0.1, -0.05) is 0 Å². The zero-order valence-corrected chi connectivity index (χ0v) is 19.8. The number of rotatable bonds is 6.